The molecular formula is C11H4Br2F2OS. The third-order valence-electron chi connectivity index (χ3n) is 2.03. The van der Waals surface area contributed by atoms with Crippen LogP contribution in [0.15, 0.2) is 32.5 Å². The molecule has 0 fully saturated rings. The zero-order valence-corrected chi connectivity index (χ0v) is 12.1. The first-order valence-electron chi connectivity index (χ1n) is 4.43. The van der Waals surface area contributed by atoms with Gasteiger partial charge in [-0.1, -0.05) is 15.9 Å². The van der Waals surface area contributed by atoms with Crippen LogP contribution in [0.25, 0.3) is 0 Å². The highest BCUT2D eigenvalue weighted by molar-refractivity contribution is 9.11. The molecule has 0 saturated heterocycles. The number of hydrogen-bond acceptors (Lipinski definition) is 2. The van der Waals surface area contributed by atoms with Crippen LogP contribution in [0.2, 0.25) is 0 Å². The summed E-state index contributed by atoms with van der Waals surface area (Å²) in [5, 5.41) is 0. The first-order valence-corrected chi connectivity index (χ1v) is 6.84. The molecule has 0 amide bonds. The van der Waals surface area contributed by atoms with Crippen molar-refractivity contribution in [1.29, 1.82) is 0 Å². The zero-order valence-electron chi connectivity index (χ0n) is 8.14. The summed E-state index contributed by atoms with van der Waals surface area (Å²) in [6.45, 7) is 0. The average molecular weight is 382 g/mol. The highest BCUT2D eigenvalue weighted by Crippen LogP contribution is 2.27. The van der Waals surface area contributed by atoms with Gasteiger partial charge in [0.25, 0.3) is 0 Å². The van der Waals surface area contributed by atoms with Gasteiger partial charge in [-0.2, -0.15) is 0 Å². The van der Waals surface area contributed by atoms with Gasteiger partial charge in [0.2, 0.25) is 5.78 Å². The summed E-state index contributed by atoms with van der Waals surface area (Å²) in [7, 11) is 0. The van der Waals surface area contributed by atoms with Gasteiger partial charge in [0.1, 0.15) is 11.6 Å². The molecule has 2 rings (SSSR count). The van der Waals surface area contributed by atoms with Crippen LogP contribution < -0.4 is 0 Å². The van der Waals surface area contributed by atoms with Crippen LogP contribution in [-0.2, 0) is 0 Å². The number of carbonyl (C=O) groups is 1. The summed E-state index contributed by atoms with van der Waals surface area (Å²) < 4.78 is 28.1. The predicted molar refractivity (Wildman–Crippen MR) is 69.5 cm³/mol. The van der Waals surface area contributed by atoms with Crippen LogP contribution in [-0.4, -0.2) is 5.78 Å². The van der Waals surface area contributed by atoms with Crippen LogP contribution in [0, 0.1) is 11.6 Å². The van der Waals surface area contributed by atoms with Crippen molar-refractivity contribution in [3.8, 4) is 0 Å². The topological polar surface area (TPSA) is 17.1 Å². The van der Waals surface area contributed by atoms with Gasteiger partial charge in [-0.25, -0.2) is 8.78 Å². The van der Waals surface area contributed by atoms with Crippen molar-refractivity contribution in [2.75, 3.05) is 0 Å². The molecule has 0 aliphatic rings. The third-order valence-corrected chi connectivity index (χ3v) is 4.11. The van der Waals surface area contributed by atoms with E-state index < -0.39 is 23.0 Å². The predicted octanol–water partition coefficient (Wildman–Crippen LogP) is 4.78. The van der Waals surface area contributed by atoms with Gasteiger partial charge in [0, 0.05) is 4.47 Å². The molecule has 2 aromatic rings. The number of thiophene rings is 1. The van der Waals surface area contributed by atoms with Crippen molar-refractivity contribution in [3.63, 3.8) is 0 Å². The fraction of sp³-hybridized carbons (Fsp3) is 0. The molecule has 1 aromatic heterocycles. The number of benzene rings is 1. The molecule has 0 atom stereocenters. The molecule has 0 saturated carbocycles. The number of halogens is 4. The molecule has 0 N–H and O–H groups in total. The summed E-state index contributed by atoms with van der Waals surface area (Å²) in [5.74, 6) is -2.39. The molecule has 1 aromatic carbocycles. The maximum absolute atomic E-state index is 13.6. The van der Waals surface area contributed by atoms with E-state index >= 15 is 0 Å². The molecule has 0 aliphatic heterocycles. The van der Waals surface area contributed by atoms with Crippen molar-refractivity contribution in [1.82, 2.24) is 0 Å². The van der Waals surface area contributed by atoms with E-state index in [1.807, 2.05) is 0 Å². The Labute approximate surface area is 117 Å². The van der Waals surface area contributed by atoms with Crippen molar-refractivity contribution in [3.05, 3.63) is 54.6 Å². The molecule has 0 spiro atoms. The summed E-state index contributed by atoms with van der Waals surface area (Å²) >= 11 is 7.29. The number of hydrogen-bond donors (Lipinski definition) is 0. The lowest BCUT2D eigenvalue weighted by Gasteiger charge is -2.03. The van der Waals surface area contributed by atoms with E-state index in [1.165, 1.54) is 6.07 Å². The normalized spacial score (nSPS) is 10.6. The molecule has 1 heterocycles. The van der Waals surface area contributed by atoms with E-state index in [4.69, 9.17) is 0 Å². The largest absolute Gasteiger partial charge is 0.287 e. The molecule has 0 unspecified atom stereocenters. The Kier molecular flexibility index (Phi) is 3.75. The molecule has 1 nitrogen and oxygen atoms in total. The lowest BCUT2D eigenvalue weighted by atomic mass is 10.1. The van der Waals surface area contributed by atoms with Gasteiger partial charge in [0.05, 0.1) is 14.2 Å². The summed E-state index contributed by atoms with van der Waals surface area (Å²) in [6.07, 6.45) is 0. The van der Waals surface area contributed by atoms with Gasteiger partial charge in [-0.05, 0) is 40.2 Å². The van der Waals surface area contributed by atoms with Crippen LogP contribution in [0.5, 0.6) is 0 Å². The van der Waals surface area contributed by atoms with Gasteiger partial charge in [-0.3, -0.25) is 4.79 Å². The van der Waals surface area contributed by atoms with E-state index in [0.29, 0.717) is 0 Å². The quantitative estimate of drug-likeness (QED) is 0.684. The standard InChI is InChI=1S/C11H4Br2F2OS/c12-5-3-6(14)10(7(15)4-5)11(16)8-1-2-9(13)17-8/h1-4H. The third kappa shape index (κ3) is 2.64. The Morgan fingerprint density at radius 2 is 1.71 bits per heavy atom. The Bertz CT molecular complexity index is 572. The average Bonchev–Trinajstić information content (AvgIpc) is 2.63. The highest BCUT2D eigenvalue weighted by Gasteiger charge is 2.21. The van der Waals surface area contributed by atoms with Crippen LogP contribution in [0.3, 0.4) is 0 Å². The SMILES string of the molecule is O=C(c1ccc(Br)s1)c1c(F)cc(Br)cc1F. The second-order valence-electron chi connectivity index (χ2n) is 3.18. The van der Waals surface area contributed by atoms with Crippen molar-refractivity contribution in [2.45, 2.75) is 0 Å². The van der Waals surface area contributed by atoms with Gasteiger partial charge >= 0.3 is 0 Å². The monoisotopic (exact) mass is 380 g/mol. The first-order chi connectivity index (χ1) is 7.99. The molecule has 88 valence electrons. The Hall–Kier alpha value is -0.590. The molecule has 0 aliphatic carbocycles. The van der Waals surface area contributed by atoms with Crippen LogP contribution in [0.4, 0.5) is 8.78 Å². The highest BCUT2D eigenvalue weighted by atomic mass is 79.9. The second kappa shape index (κ2) is 4.96. The van der Waals surface area contributed by atoms with Gasteiger partial charge < -0.3 is 0 Å². The molecule has 0 bridgehead atoms. The van der Waals surface area contributed by atoms with Crippen molar-refractivity contribution >= 4 is 49.0 Å². The number of carbonyl (C=O) groups excluding carboxylic acids is 1. The van der Waals surface area contributed by atoms with E-state index in [0.717, 1.165) is 27.3 Å². The minimum atomic E-state index is -0.869. The smallest absolute Gasteiger partial charge is 0.208 e. The Morgan fingerprint density at radius 1 is 1.12 bits per heavy atom. The van der Waals surface area contributed by atoms with Crippen LogP contribution in [0.1, 0.15) is 15.2 Å². The molecular weight excluding hydrogens is 378 g/mol. The van der Waals surface area contributed by atoms with Crippen LogP contribution >= 0.6 is 43.2 Å². The first kappa shape index (κ1) is 12.9. The minimum absolute atomic E-state index is 0.261. The fourth-order valence-corrected chi connectivity index (χ4v) is 3.05. The second-order valence-corrected chi connectivity index (χ2v) is 6.56. The summed E-state index contributed by atoms with van der Waals surface area (Å²) in [4.78, 5) is 12.2. The van der Waals surface area contributed by atoms with Crippen molar-refractivity contribution < 1.29 is 13.6 Å². The summed E-state index contributed by atoms with van der Waals surface area (Å²) in [6, 6.07) is 5.32. The molecule has 6 heteroatoms. The number of ketones is 1. The molecule has 17 heavy (non-hydrogen) atoms. The lowest BCUT2D eigenvalue weighted by molar-refractivity contribution is 0.103. The molecule has 0 radical (unpaired) electrons. The Balaban J connectivity index is 2.51. The lowest BCUT2D eigenvalue weighted by Crippen LogP contribution is -2.05. The fourth-order valence-electron chi connectivity index (χ4n) is 1.32. The van der Waals surface area contributed by atoms with E-state index in [1.54, 1.807) is 6.07 Å². The minimum Gasteiger partial charge on any atom is -0.287 e. The van der Waals surface area contributed by atoms with E-state index in [2.05, 4.69) is 31.9 Å². The zero-order chi connectivity index (χ0) is 12.6. The summed E-state index contributed by atoms with van der Waals surface area (Å²) in [5.41, 5.74) is -0.525. The number of rotatable bonds is 2. The van der Waals surface area contributed by atoms with Crippen molar-refractivity contribution in [2.24, 2.45) is 0 Å². The van der Waals surface area contributed by atoms with E-state index in [9.17, 15) is 13.6 Å². The van der Waals surface area contributed by atoms with Gasteiger partial charge in [-0.15, -0.1) is 11.3 Å². The van der Waals surface area contributed by atoms with E-state index in [-0.39, 0.29) is 9.35 Å². The Morgan fingerprint density at radius 3 is 2.18 bits per heavy atom. The maximum Gasteiger partial charge on any atom is 0.208 e. The van der Waals surface area contributed by atoms with Gasteiger partial charge in [0.15, 0.2) is 0 Å². The maximum atomic E-state index is 13.6.